The van der Waals surface area contributed by atoms with Crippen LogP contribution in [0.4, 0.5) is 0 Å². The van der Waals surface area contributed by atoms with Gasteiger partial charge in [0.05, 0.1) is 12.1 Å². The Labute approximate surface area is 247 Å². The van der Waals surface area contributed by atoms with E-state index >= 15 is 0 Å². The molecular weight excluding hydrogens is 528 g/mol. The second-order valence-corrected chi connectivity index (χ2v) is 12.2. The molecule has 0 radical (unpaired) electrons. The van der Waals surface area contributed by atoms with Gasteiger partial charge in [-0.2, -0.15) is 0 Å². The number of nitrogens with zero attached hydrogens (tertiary/aromatic N) is 4. The molecule has 2 aliphatic heterocycles. The highest BCUT2D eigenvalue weighted by atomic mass is 16.2. The Kier molecular flexibility index (Phi) is 7.96. The van der Waals surface area contributed by atoms with E-state index in [0.29, 0.717) is 35.4 Å². The Morgan fingerprint density at radius 1 is 1.12 bits per heavy atom. The van der Waals surface area contributed by atoms with Gasteiger partial charge in [-0.25, -0.2) is 10.5 Å². The van der Waals surface area contributed by atoms with Gasteiger partial charge in [-0.15, -0.1) is 0 Å². The molecule has 1 amide bonds. The first kappa shape index (κ1) is 29.5. The molecule has 3 aromatic rings. The number of dihydropyridines is 1. The minimum Gasteiger partial charge on any atom is -0.368 e. The Balaban J connectivity index is 1.55. The first-order chi connectivity index (χ1) is 19.9. The predicted octanol–water partition coefficient (Wildman–Crippen LogP) is 3.05. The second-order valence-electron chi connectivity index (χ2n) is 12.2. The molecule has 10 heteroatoms. The van der Waals surface area contributed by atoms with Crippen molar-refractivity contribution in [1.29, 1.82) is 0 Å². The average molecular weight is 573 g/mol. The molecule has 4 heterocycles. The molecule has 5 rings (SSSR count). The molecule has 0 spiro atoms. The number of piperazine rings is 1. The van der Waals surface area contributed by atoms with Gasteiger partial charge < -0.3 is 25.9 Å². The van der Waals surface area contributed by atoms with Gasteiger partial charge in [-0.1, -0.05) is 6.08 Å². The SMILES string of the molecule is Cc1cc(C)n(N)c(=O)c1CN(N)C(=O)c1cc(C2=CC=C(N3CC(C)NCC3C)NC2)cc2c1c(C)cn2C(C)C. The van der Waals surface area contributed by atoms with E-state index in [1.807, 2.05) is 26.0 Å². The van der Waals surface area contributed by atoms with E-state index in [0.717, 1.165) is 61.8 Å². The summed E-state index contributed by atoms with van der Waals surface area (Å²) in [5, 5.41) is 9.15. The van der Waals surface area contributed by atoms with Gasteiger partial charge >= 0.3 is 0 Å². The van der Waals surface area contributed by atoms with Crippen molar-refractivity contribution in [2.75, 3.05) is 25.5 Å². The van der Waals surface area contributed by atoms with Gasteiger partial charge in [0.15, 0.2) is 0 Å². The highest BCUT2D eigenvalue weighted by Gasteiger charge is 2.27. The maximum atomic E-state index is 14.0. The smallest absolute Gasteiger partial charge is 0.274 e. The predicted molar refractivity (Wildman–Crippen MR) is 169 cm³/mol. The van der Waals surface area contributed by atoms with Crippen LogP contribution in [0.3, 0.4) is 0 Å². The van der Waals surface area contributed by atoms with Crippen LogP contribution in [0.1, 0.15) is 72.0 Å². The maximum absolute atomic E-state index is 14.0. The number of hydrazine groups is 1. The van der Waals surface area contributed by atoms with Crippen LogP contribution in [0, 0.1) is 20.8 Å². The van der Waals surface area contributed by atoms with Crippen LogP contribution in [0.25, 0.3) is 16.5 Å². The standard InChI is InChI=1S/C32H44N8O2/c1-18(2)37-15-20(4)30-26(31(41)39(33)17-27-19(3)10-22(6)40(34)32(27)42)11-25(12-28(30)37)24-8-9-29(36-14-24)38-16-21(5)35-13-23(38)7/h8-12,15,18,21,23,35-36H,13-14,16-17,33-34H2,1-7H3. The summed E-state index contributed by atoms with van der Waals surface area (Å²) >= 11 is 0. The highest BCUT2D eigenvalue weighted by Crippen LogP contribution is 2.33. The van der Waals surface area contributed by atoms with Gasteiger partial charge in [0, 0.05) is 66.1 Å². The number of carbonyl (C=O) groups excluding carboxylic acids is 1. The third-order valence-corrected chi connectivity index (χ3v) is 8.60. The third kappa shape index (κ3) is 5.32. The fourth-order valence-corrected chi connectivity index (χ4v) is 6.14. The lowest BCUT2D eigenvalue weighted by Crippen LogP contribution is -2.55. The second kappa shape index (κ2) is 11.3. The summed E-state index contributed by atoms with van der Waals surface area (Å²) in [6.45, 7) is 16.8. The van der Waals surface area contributed by atoms with Crippen molar-refractivity contribution in [3.05, 3.63) is 86.2 Å². The fraction of sp³-hybridized carbons (Fsp3) is 0.438. The van der Waals surface area contributed by atoms with E-state index in [4.69, 9.17) is 11.7 Å². The van der Waals surface area contributed by atoms with Crippen LogP contribution in [0.15, 0.2) is 47.2 Å². The van der Waals surface area contributed by atoms with Crippen LogP contribution >= 0.6 is 0 Å². The number of fused-ring (bicyclic) bond motifs is 1. The number of pyridine rings is 1. The zero-order chi connectivity index (χ0) is 30.5. The van der Waals surface area contributed by atoms with Crippen molar-refractivity contribution >= 4 is 22.4 Å². The molecule has 2 atom stereocenters. The quantitative estimate of drug-likeness (QED) is 0.203. The van der Waals surface area contributed by atoms with Gasteiger partial charge in [0.25, 0.3) is 11.5 Å². The van der Waals surface area contributed by atoms with Gasteiger partial charge in [-0.3, -0.25) is 14.6 Å². The molecule has 1 fully saturated rings. The van der Waals surface area contributed by atoms with Crippen molar-refractivity contribution in [3.63, 3.8) is 0 Å². The summed E-state index contributed by atoms with van der Waals surface area (Å²) in [6.07, 6.45) is 6.38. The van der Waals surface area contributed by atoms with E-state index in [9.17, 15) is 9.59 Å². The Bertz CT molecular complexity index is 1660. The van der Waals surface area contributed by atoms with Crippen LogP contribution in [-0.2, 0) is 6.54 Å². The minimum absolute atomic E-state index is 0.0473. The monoisotopic (exact) mass is 572 g/mol. The van der Waals surface area contributed by atoms with Crippen molar-refractivity contribution < 1.29 is 4.79 Å². The zero-order valence-electron chi connectivity index (χ0n) is 25.8. The summed E-state index contributed by atoms with van der Waals surface area (Å²) in [5.41, 5.74) is 5.97. The van der Waals surface area contributed by atoms with E-state index in [-0.39, 0.29) is 24.1 Å². The lowest BCUT2D eigenvalue weighted by molar-refractivity contribution is 0.0744. The van der Waals surface area contributed by atoms with E-state index in [2.05, 4.69) is 72.2 Å². The van der Waals surface area contributed by atoms with Gasteiger partial charge in [0.2, 0.25) is 0 Å². The van der Waals surface area contributed by atoms with E-state index < -0.39 is 0 Å². The summed E-state index contributed by atoms with van der Waals surface area (Å²) < 4.78 is 3.30. The molecule has 42 heavy (non-hydrogen) atoms. The first-order valence-corrected chi connectivity index (χ1v) is 14.7. The normalized spacial score (nSPS) is 19.1. The number of amides is 1. The number of nitrogen functional groups attached to an aromatic ring is 1. The van der Waals surface area contributed by atoms with Crippen molar-refractivity contribution in [3.8, 4) is 0 Å². The van der Waals surface area contributed by atoms with Crippen LogP contribution in [0.5, 0.6) is 0 Å². The highest BCUT2D eigenvalue weighted by molar-refractivity contribution is 6.09. The van der Waals surface area contributed by atoms with Gasteiger partial charge in [-0.05, 0) is 95.0 Å². The number of aryl methyl sites for hydroxylation is 3. The first-order valence-electron chi connectivity index (χ1n) is 14.7. The molecule has 0 saturated carbocycles. The molecular formula is C32H44N8O2. The molecule has 2 unspecified atom stereocenters. The lowest BCUT2D eigenvalue weighted by Gasteiger charge is -2.41. The van der Waals surface area contributed by atoms with Crippen LogP contribution in [0.2, 0.25) is 0 Å². The maximum Gasteiger partial charge on any atom is 0.274 e. The number of carbonyl (C=O) groups is 1. The molecule has 0 aliphatic carbocycles. The topological polar surface area (TPSA) is 127 Å². The molecule has 6 N–H and O–H groups in total. The summed E-state index contributed by atoms with van der Waals surface area (Å²) in [7, 11) is 0. The van der Waals surface area contributed by atoms with E-state index in [1.54, 1.807) is 6.92 Å². The van der Waals surface area contributed by atoms with Crippen molar-refractivity contribution in [1.82, 2.24) is 29.8 Å². The molecule has 1 saturated heterocycles. The van der Waals surface area contributed by atoms with E-state index in [1.165, 1.54) is 0 Å². The number of hydrogen-bond acceptors (Lipinski definition) is 7. The van der Waals surface area contributed by atoms with Crippen molar-refractivity contribution in [2.45, 2.75) is 73.1 Å². The number of aromatic nitrogens is 2. The number of rotatable bonds is 6. The lowest BCUT2D eigenvalue weighted by atomic mass is 9.96. The summed E-state index contributed by atoms with van der Waals surface area (Å²) in [6, 6.07) is 6.95. The molecule has 2 aliphatic rings. The van der Waals surface area contributed by atoms with Crippen LogP contribution in [-0.4, -0.2) is 56.8 Å². The number of benzene rings is 1. The largest absolute Gasteiger partial charge is 0.368 e. The van der Waals surface area contributed by atoms with Crippen LogP contribution < -0.4 is 27.9 Å². The summed E-state index contributed by atoms with van der Waals surface area (Å²) in [5.74, 6) is 13.1. The molecule has 224 valence electrons. The minimum atomic E-state index is -0.356. The Morgan fingerprint density at radius 3 is 2.52 bits per heavy atom. The number of nitrogens with two attached hydrogens (primary N) is 2. The molecule has 1 aromatic carbocycles. The third-order valence-electron chi connectivity index (χ3n) is 8.60. The van der Waals surface area contributed by atoms with Gasteiger partial charge in [0.1, 0.15) is 5.82 Å². The molecule has 2 aromatic heterocycles. The number of allylic oxidation sites excluding steroid dienone is 2. The molecule has 10 nitrogen and oxygen atoms in total. The average Bonchev–Trinajstić information content (AvgIpc) is 3.31. The Morgan fingerprint density at radius 2 is 1.86 bits per heavy atom. The van der Waals surface area contributed by atoms with Crippen molar-refractivity contribution in [2.24, 2.45) is 5.84 Å². The zero-order valence-corrected chi connectivity index (χ0v) is 25.8. The number of nitrogens with one attached hydrogen (secondary N) is 2. The fourth-order valence-electron chi connectivity index (χ4n) is 6.14. The Hall–Kier alpha value is -4.02. The summed E-state index contributed by atoms with van der Waals surface area (Å²) in [4.78, 5) is 29.3. The number of hydrogen-bond donors (Lipinski definition) is 4. The molecule has 0 bridgehead atoms.